The smallest absolute Gasteiger partial charge is 0.361 e. The van der Waals surface area contributed by atoms with E-state index < -0.39 is 24.3 Å². The van der Waals surface area contributed by atoms with Crippen LogP contribution in [-0.4, -0.2) is 87.4 Å². The van der Waals surface area contributed by atoms with E-state index in [0.29, 0.717) is 23.9 Å². The third-order valence-corrected chi connectivity index (χ3v) is 14.4. The van der Waals surface area contributed by atoms with E-state index in [0.717, 1.165) is 89.9 Å². The van der Waals surface area contributed by atoms with E-state index in [1.165, 1.54) is 161 Å². The van der Waals surface area contributed by atoms with E-state index in [2.05, 4.69) is 111 Å². The zero-order chi connectivity index (χ0) is 59.1. The van der Waals surface area contributed by atoms with Crippen molar-refractivity contribution in [2.24, 2.45) is 0 Å². The van der Waals surface area contributed by atoms with Gasteiger partial charge in [-0.2, -0.15) is 0 Å². The quantitative estimate of drug-likeness (QED) is 0.0211. The predicted molar refractivity (Wildman–Crippen MR) is 345 cm³/mol. The Morgan fingerprint density at radius 1 is 0.383 bits per heavy atom. The number of aliphatic carboxylic acids is 1. The van der Waals surface area contributed by atoms with Gasteiger partial charge in [-0.1, -0.05) is 291 Å². The molecule has 0 spiro atoms. The van der Waals surface area contributed by atoms with E-state index in [-0.39, 0.29) is 32.2 Å². The van der Waals surface area contributed by atoms with Crippen LogP contribution in [0.5, 0.6) is 0 Å². The largest absolute Gasteiger partial charge is 0.477 e. The SMILES string of the molecule is CC/C=C\C/C=C\C/C=C\C/C=C\C/C=C\C/C=C\C/C=C\C/C=C\CCCCCCCCCCCCCCC(=O)OC(COC(=O)CCCCCCCCCCCCCCCCCCCCC)COC(OCC[N+](C)(C)C)C(=O)O. The maximum Gasteiger partial charge on any atom is 0.361 e. The Labute approximate surface area is 499 Å². The average Bonchev–Trinajstić information content (AvgIpc) is 3.44. The Hall–Kier alpha value is -3.79. The summed E-state index contributed by atoms with van der Waals surface area (Å²) in [4.78, 5) is 37.5. The van der Waals surface area contributed by atoms with Crippen LogP contribution >= 0.6 is 0 Å². The minimum atomic E-state index is -1.51. The van der Waals surface area contributed by atoms with Crippen LogP contribution in [0.4, 0.5) is 0 Å². The first kappa shape index (κ1) is 77.2. The monoisotopic (exact) mass is 1130 g/mol. The van der Waals surface area contributed by atoms with Gasteiger partial charge in [0.05, 0.1) is 34.4 Å². The molecule has 0 aliphatic heterocycles. The summed E-state index contributed by atoms with van der Waals surface area (Å²) >= 11 is 0. The van der Waals surface area contributed by atoms with Crippen LogP contribution in [0.25, 0.3) is 0 Å². The molecule has 0 rings (SSSR count). The zero-order valence-corrected chi connectivity index (χ0v) is 53.2. The second-order valence-electron chi connectivity index (χ2n) is 23.4. The summed E-state index contributed by atoms with van der Waals surface area (Å²) in [5, 5.41) is 9.73. The number of ether oxygens (including phenoxy) is 4. The van der Waals surface area contributed by atoms with E-state index in [1.54, 1.807) is 0 Å². The Balaban J connectivity index is 4.13. The number of allylic oxidation sites excluding steroid dienone is 16. The fourth-order valence-corrected chi connectivity index (χ4v) is 9.27. The molecule has 0 aromatic carbocycles. The number of quaternary nitrogens is 1. The Morgan fingerprint density at radius 2 is 0.704 bits per heavy atom. The second-order valence-corrected chi connectivity index (χ2v) is 23.4. The van der Waals surface area contributed by atoms with Gasteiger partial charge in [0.25, 0.3) is 6.29 Å². The van der Waals surface area contributed by atoms with Crippen molar-refractivity contribution in [1.82, 2.24) is 0 Å². The van der Waals surface area contributed by atoms with Crippen molar-refractivity contribution in [3.63, 3.8) is 0 Å². The first-order chi connectivity index (χ1) is 39.6. The van der Waals surface area contributed by atoms with Gasteiger partial charge in [0.1, 0.15) is 13.2 Å². The normalized spacial score (nSPS) is 13.3. The van der Waals surface area contributed by atoms with Crippen molar-refractivity contribution >= 4 is 17.9 Å². The first-order valence-corrected chi connectivity index (χ1v) is 33.4. The molecular formula is C72H126NO8+. The van der Waals surface area contributed by atoms with E-state index >= 15 is 0 Å². The van der Waals surface area contributed by atoms with Gasteiger partial charge >= 0.3 is 17.9 Å². The predicted octanol–water partition coefficient (Wildman–Crippen LogP) is 20.5. The summed E-state index contributed by atoms with van der Waals surface area (Å²) in [6.45, 7) is 4.79. The van der Waals surface area contributed by atoms with Gasteiger partial charge in [0, 0.05) is 12.8 Å². The van der Waals surface area contributed by atoms with Crippen LogP contribution in [0.2, 0.25) is 0 Å². The van der Waals surface area contributed by atoms with Gasteiger partial charge < -0.3 is 28.5 Å². The van der Waals surface area contributed by atoms with Gasteiger partial charge in [0.2, 0.25) is 0 Å². The van der Waals surface area contributed by atoms with E-state index in [1.807, 2.05) is 21.1 Å². The number of unbranched alkanes of at least 4 members (excludes halogenated alkanes) is 30. The van der Waals surface area contributed by atoms with Crippen LogP contribution < -0.4 is 0 Å². The minimum Gasteiger partial charge on any atom is -0.477 e. The fourth-order valence-electron chi connectivity index (χ4n) is 9.27. The van der Waals surface area contributed by atoms with E-state index in [4.69, 9.17) is 18.9 Å². The molecule has 0 amide bonds. The number of hydrogen-bond acceptors (Lipinski definition) is 7. The van der Waals surface area contributed by atoms with Crippen molar-refractivity contribution in [3.8, 4) is 0 Å². The molecule has 0 aromatic heterocycles. The Bertz CT molecular complexity index is 1650. The highest BCUT2D eigenvalue weighted by molar-refractivity contribution is 5.71. The van der Waals surface area contributed by atoms with Crippen LogP contribution in [0.3, 0.4) is 0 Å². The molecule has 0 heterocycles. The van der Waals surface area contributed by atoms with Crippen LogP contribution in [0.1, 0.15) is 284 Å². The standard InChI is InChI=1S/C72H125NO8/c1-6-8-10-12-14-16-18-20-22-24-26-27-28-29-30-31-32-33-34-35-36-37-38-39-40-41-42-43-45-47-49-51-53-55-57-59-61-63-70(75)81-68(67-80-72(71(76)77)78-65-64-73(3,4)5)66-79-69(74)62-60-58-56-54-52-50-48-46-44-25-23-21-19-17-15-13-11-9-7-2/h8,10,14,16,20,22,26-27,29-30,32-33,35-36,38-39,68,72H,6-7,9,11-13,15,17-19,21,23-25,28,31,34,37,40-67H2,1-5H3/p+1/b10-8-,16-14-,22-20-,27-26-,30-29-,33-32-,36-35-,39-38-. The molecule has 0 aromatic rings. The number of hydrogen-bond donors (Lipinski definition) is 1. The second kappa shape index (κ2) is 62.3. The number of carboxylic acid groups (broad SMARTS) is 1. The molecule has 0 aliphatic rings. The number of carbonyl (C=O) groups excluding carboxylic acids is 2. The highest BCUT2D eigenvalue weighted by Crippen LogP contribution is 2.17. The molecule has 0 aliphatic carbocycles. The Kier molecular flexibility index (Phi) is 59.3. The summed E-state index contributed by atoms with van der Waals surface area (Å²) < 4.78 is 22.9. The molecule has 9 nitrogen and oxygen atoms in total. The lowest BCUT2D eigenvalue weighted by Gasteiger charge is -2.25. The van der Waals surface area contributed by atoms with Crippen molar-refractivity contribution in [2.45, 2.75) is 296 Å². The number of rotatable bonds is 61. The highest BCUT2D eigenvalue weighted by Gasteiger charge is 2.25. The van der Waals surface area contributed by atoms with Gasteiger partial charge in [-0.25, -0.2) is 4.79 Å². The van der Waals surface area contributed by atoms with Crippen molar-refractivity contribution in [2.75, 3.05) is 47.5 Å². The topological polar surface area (TPSA) is 108 Å². The number of carbonyl (C=O) groups is 3. The number of carboxylic acids is 1. The average molecular weight is 1130 g/mol. The molecule has 81 heavy (non-hydrogen) atoms. The highest BCUT2D eigenvalue weighted by atomic mass is 16.7. The number of esters is 2. The van der Waals surface area contributed by atoms with Gasteiger partial charge in [-0.05, 0) is 77.0 Å². The summed E-state index contributed by atoms with van der Waals surface area (Å²) in [6.07, 6.45) is 82.2. The lowest BCUT2D eigenvalue weighted by molar-refractivity contribution is -0.870. The third-order valence-electron chi connectivity index (χ3n) is 14.4. The number of likely N-dealkylation sites (N-methyl/N-ethyl adjacent to an activating group) is 1. The lowest BCUT2D eigenvalue weighted by atomic mass is 10.0. The maximum absolute atomic E-state index is 12.9. The summed E-state index contributed by atoms with van der Waals surface area (Å²) in [5.41, 5.74) is 0. The molecule has 2 atom stereocenters. The molecule has 2 unspecified atom stereocenters. The van der Waals surface area contributed by atoms with Crippen molar-refractivity contribution in [1.29, 1.82) is 0 Å². The lowest BCUT2D eigenvalue weighted by Crippen LogP contribution is -2.40. The van der Waals surface area contributed by atoms with Crippen LogP contribution in [-0.2, 0) is 33.3 Å². The maximum atomic E-state index is 12.9. The molecule has 0 saturated carbocycles. The molecule has 0 radical (unpaired) electrons. The summed E-state index contributed by atoms with van der Waals surface area (Å²) in [5.74, 6) is -2.00. The number of nitrogens with zero attached hydrogens (tertiary/aromatic N) is 1. The molecule has 466 valence electrons. The molecule has 0 fully saturated rings. The van der Waals surface area contributed by atoms with E-state index in [9.17, 15) is 19.5 Å². The molecule has 0 bridgehead atoms. The fraction of sp³-hybridized carbons (Fsp3) is 0.736. The summed E-state index contributed by atoms with van der Waals surface area (Å²) in [6, 6.07) is 0. The van der Waals surface area contributed by atoms with Gasteiger partial charge in [-0.15, -0.1) is 0 Å². The van der Waals surface area contributed by atoms with Crippen LogP contribution in [0, 0.1) is 0 Å². The first-order valence-electron chi connectivity index (χ1n) is 33.4. The van der Waals surface area contributed by atoms with Crippen LogP contribution in [0.15, 0.2) is 97.2 Å². The molecule has 1 N–H and O–H groups in total. The molecule has 9 heteroatoms. The molecular weight excluding hydrogens is 1010 g/mol. The van der Waals surface area contributed by atoms with Gasteiger partial charge in [-0.3, -0.25) is 9.59 Å². The van der Waals surface area contributed by atoms with Crippen molar-refractivity contribution < 1.29 is 42.9 Å². The summed E-state index contributed by atoms with van der Waals surface area (Å²) in [7, 11) is 5.98. The zero-order valence-electron chi connectivity index (χ0n) is 53.2. The third kappa shape index (κ3) is 63.6. The van der Waals surface area contributed by atoms with Gasteiger partial charge in [0.15, 0.2) is 6.10 Å². The molecule has 0 saturated heterocycles. The minimum absolute atomic E-state index is 0.183. The Morgan fingerprint density at radius 3 is 1.05 bits per heavy atom. The van der Waals surface area contributed by atoms with Crippen molar-refractivity contribution in [3.05, 3.63) is 97.2 Å².